The van der Waals surface area contributed by atoms with Gasteiger partial charge in [-0.3, -0.25) is 4.79 Å². The number of phenols is 2. The number of fused-ring (bicyclic) bond motifs is 7. The highest BCUT2D eigenvalue weighted by molar-refractivity contribution is 5.84. The second kappa shape index (κ2) is 15.2. The van der Waals surface area contributed by atoms with Gasteiger partial charge in [0.05, 0.1) is 20.1 Å². The molecule has 0 saturated heterocycles. The van der Waals surface area contributed by atoms with Crippen LogP contribution in [0.3, 0.4) is 0 Å². The molecule has 1 fully saturated rings. The highest BCUT2D eigenvalue weighted by Crippen LogP contribution is 2.64. The Labute approximate surface area is 343 Å². The van der Waals surface area contributed by atoms with E-state index in [1.54, 1.807) is 25.3 Å². The smallest absolute Gasteiger partial charge is 0.302 e. The third kappa shape index (κ3) is 6.67. The van der Waals surface area contributed by atoms with E-state index >= 15 is 0 Å². The van der Waals surface area contributed by atoms with Gasteiger partial charge in [0.1, 0.15) is 41.5 Å². The Bertz CT molecular complexity index is 2530. The van der Waals surface area contributed by atoms with Crippen LogP contribution in [-0.4, -0.2) is 53.7 Å². The summed E-state index contributed by atoms with van der Waals surface area (Å²) in [4.78, 5) is 17.2. The van der Waals surface area contributed by atoms with Gasteiger partial charge in [-0.25, -0.2) is 4.98 Å². The van der Waals surface area contributed by atoms with Gasteiger partial charge < -0.3 is 40.0 Å². The first kappa shape index (κ1) is 38.3. The Hall–Kier alpha value is -6.18. The number of aromatic hydroxyl groups is 2. The van der Waals surface area contributed by atoms with E-state index in [9.17, 15) is 20.1 Å². The quantitative estimate of drug-likeness (QED) is 0.0910. The summed E-state index contributed by atoms with van der Waals surface area (Å²) in [7, 11) is 3.13. The van der Waals surface area contributed by atoms with Gasteiger partial charge in [0.25, 0.3) is 0 Å². The number of carbonyl (C=O) groups is 1. The molecule has 4 aromatic carbocycles. The number of methoxy groups -OCH3 is 2. The molecule has 1 aromatic heterocycles. The molecule has 6 atom stereocenters. The SMILES string of the molecule is COc1cc2c(cc1O)CC#Cc1nc(N)ccc1[C@H]([C@H](CO)Cc1ccccc1)[C@H]1CC[C@]3(Cc4cc(O)cc(OC)c4-c4ccc5c(c43)O[C@H]2[C@H]5COC(C)=O)C1. The molecule has 1 spiro atoms. The fraction of sp³-hybridized carbons (Fsp3) is 0.347. The van der Waals surface area contributed by atoms with Gasteiger partial charge in [-0.05, 0) is 108 Å². The van der Waals surface area contributed by atoms with Crippen molar-refractivity contribution in [3.63, 3.8) is 0 Å². The van der Waals surface area contributed by atoms with E-state index in [1.807, 2.05) is 36.4 Å². The molecule has 0 radical (unpaired) electrons. The Balaban J connectivity index is 1.32. The molecule has 10 heteroatoms. The molecule has 1 saturated carbocycles. The van der Waals surface area contributed by atoms with Crippen molar-refractivity contribution in [1.29, 1.82) is 0 Å². The lowest BCUT2D eigenvalue weighted by Gasteiger charge is -2.40. The van der Waals surface area contributed by atoms with Crippen LogP contribution < -0.4 is 19.9 Å². The number of anilines is 1. The number of pyridine rings is 1. The molecule has 2 aliphatic heterocycles. The monoisotopic (exact) mass is 792 g/mol. The average molecular weight is 793 g/mol. The molecule has 5 aromatic rings. The van der Waals surface area contributed by atoms with Gasteiger partial charge >= 0.3 is 5.97 Å². The molecule has 59 heavy (non-hydrogen) atoms. The summed E-state index contributed by atoms with van der Waals surface area (Å²) in [5.41, 5.74) is 14.9. The number of benzene rings is 4. The number of aliphatic hydroxyl groups excluding tert-OH is 1. The minimum atomic E-state index is -0.622. The van der Waals surface area contributed by atoms with E-state index in [1.165, 1.54) is 14.0 Å². The number of hydrogen-bond donors (Lipinski definition) is 4. The Kier molecular flexibility index (Phi) is 9.88. The third-order valence-corrected chi connectivity index (χ3v) is 13.2. The molecule has 9 rings (SSSR count). The molecular weight excluding hydrogens is 745 g/mol. The number of esters is 1. The third-order valence-electron chi connectivity index (χ3n) is 13.2. The van der Waals surface area contributed by atoms with Crippen LogP contribution in [0, 0.1) is 23.7 Å². The summed E-state index contributed by atoms with van der Waals surface area (Å²) in [6.45, 7) is 1.43. The molecule has 5 N–H and O–H groups in total. The van der Waals surface area contributed by atoms with E-state index in [0.29, 0.717) is 30.1 Å². The minimum Gasteiger partial charge on any atom is -0.508 e. The van der Waals surface area contributed by atoms with Crippen LogP contribution in [0.25, 0.3) is 11.1 Å². The van der Waals surface area contributed by atoms with Crippen LogP contribution in [0.5, 0.6) is 28.7 Å². The van der Waals surface area contributed by atoms with E-state index in [-0.39, 0.29) is 54.6 Å². The number of ether oxygens (including phenoxy) is 4. The van der Waals surface area contributed by atoms with Crippen molar-refractivity contribution in [2.45, 2.75) is 68.8 Å². The summed E-state index contributed by atoms with van der Waals surface area (Å²) in [6, 6.07) is 25.3. The number of nitrogens with zero attached hydrogens (tertiary/aromatic N) is 1. The van der Waals surface area contributed by atoms with Crippen molar-refractivity contribution in [3.8, 4) is 51.7 Å². The van der Waals surface area contributed by atoms with Crippen LogP contribution >= 0.6 is 0 Å². The lowest BCUT2D eigenvalue weighted by Crippen LogP contribution is -2.33. The fourth-order valence-corrected chi connectivity index (χ4v) is 10.8. The van der Waals surface area contributed by atoms with Crippen molar-refractivity contribution in [3.05, 3.63) is 124 Å². The Morgan fingerprint density at radius 3 is 2.54 bits per heavy atom. The number of aliphatic hydroxyl groups is 1. The van der Waals surface area contributed by atoms with Crippen LogP contribution in [0.1, 0.15) is 88.8 Å². The van der Waals surface area contributed by atoms with Gasteiger partial charge in [-0.2, -0.15) is 0 Å². The maximum absolute atomic E-state index is 12.4. The molecule has 2 aliphatic carbocycles. The number of carbonyl (C=O) groups excluding carboxylic acids is 1. The predicted octanol–water partition coefficient (Wildman–Crippen LogP) is 7.68. The Morgan fingerprint density at radius 1 is 0.983 bits per heavy atom. The zero-order valence-corrected chi connectivity index (χ0v) is 33.5. The molecule has 0 amide bonds. The van der Waals surface area contributed by atoms with Gasteiger partial charge in [0.2, 0.25) is 0 Å². The normalized spacial score (nSPS) is 22.5. The van der Waals surface area contributed by atoms with Crippen molar-refractivity contribution in [2.24, 2.45) is 11.8 Å². The maximum atomic E-state index is 12.4. The highest BCUT2D eigenvalue weighted by atomic mass is 16.5. The van der Waals surface area contributed by atoms with Crippen molar-refractivity contribution < 1.29 is 39.1 Å². The number of nitrogen functional groups attached to an aromatic ring is 1. The first-order chi connectivity index (χ1) is 28.6. The van der Waals surface area contributed by atoms with Crippen molar-refractivity contribution in [2.75, 3.05) is 33.2 Å². The number of phenolic OH excluding ortho intramolecular Hbond substituents is 2. The first-order valence-electron chi connectivity index (χ1n) is 20.3. The molecule has 4 aliphatic rings. The molecule has 0 unspecified atom stereocenters. The van der Waals surface area contributed by atoms with Crippen LogP contribution in [0.2, 0.25) is 0 Å². The van der Waals surface area contributed by atoms with Gasteiger partial charge in [0.15, 0.2) is 11.5 Å². The summed E-state index contributed by atoms with van der Waals surface area (Å²) < 4.78 is 24.7. The van der Waals surface area contributed by atoms with E-state index in [2.05, 4.69) is 36.1 Å². The average Bonchev–Trinajstić information content (AvgIpc) is 3.81. The van der Waals surface area contributed by atoms with E-state index in [4.69, 9.17) is 29.7 Å². The standard InChI is InChI=1S/C49H48N2O8/c1-27(53)58-26-38-34-12-13-36-45-31(19-33(54)21-42(45)57-3)24-49-17-16-30(23-49)44(32(25-52)18-28-8-5-4-6-9-28)35-14-15-43(50)51-39(35)11-7-10-29-20-40(55)41(56-2)22-37(29)47(38)59-48(34)46(36)49/h4-6,8-9,12-15,19-22,30,32,38,44,47,52,54-55H,10,16-18,23-26H2,1-3H3,(H2,50,51)/t30-,32-,38-,44-,47+,49+/m0/s1. The molecule has 10 nitrogen and oxygen atoms in total. The van der Waals surface area contributed by atoms with Crippen LogP contribution in [0.15, 0.2) is 78.9 Å². The maximum Gasteiger partial charge on any atom is 0.302 e. The number of nitrogens with two attached hydrogens (primary N) is 1. The summed E-state index contributed by atoms with van der Waals surface area (Å²) >= 11 is 0. The lowest BCUT2D eigenvalue weighted by molar-refractivity contribution is -0.141. The van der Waals surface area contributed by atoms with Crippen molar-refractivity contribution in [1.82, 2.24) is 4.98 Å². The summed E-state index contributed by atoms with van der Waals surface area (Å²) in [5.74, 6) is 7.79. The zero-order valence-electron chi connectivity index (χ0n) is 33.5. The van der Waals surface area contributed by atoms with Crippen molar-refractivity contribution >= 4 is 11.8 Å². The fourth-order valence-electron chi connectivity index (χ4n) is 10.8. The minimum absolute atomic E-state index is 0.0341. The Morgan fingerprint density at radius 2 is 1.78 bits per heavy atom. The molecule has 4 bridgehead atoms. The van der Waals surface area contributed by atoms with E-state index < -0.39 is 23.4 Å². The second-order valence-corrected chi connectivity index (χ2v) is 16.5. The second-order valence-electron chi connectivity index (χ2n) is 16.5. The highest BCUT2D eigenvalue weighted by Gasteiger charge is 2.53. The topological polar surface area (TPSA) is 154 Å². The molecule has 302 valence electrons. The van der Waals surface area contributed by atoms with Gasteiger partial charge in [0, 0.05) is 53.7 Å². The number of hydrogen-bond acceptors (Lipinski definition) is 10. The van der Waals surface area contributed by atoms with Gasteiger partial charge in [-0.1, -0.05) is 54.5 Å². The number of aromatic nitrogens is 1. The van der Waals surface area contributed by atoms with Gasteiger partial charge in [-0.15, -0.1) is 0 Å². The lowest BCUT2D eigenvalue weighted by atomic mass is 9.64. The van der Waals surface area contributed by atoms with Crippen LogP contribution in [0.4, 0.5) is 5.82 Å². The first-order valence-corrected chi connectivity index (χ1v) is 20.3. The summed E-state index contributed by atoms with van der Waals surface area (Å²) in [5, 5.41) is 33.5. The summed E-state index contributed by atoms with van der Waals surface area (Å²) in [6.07, 6.45) is 3.29. The molecule has 3 heterocycles. The zero-order chi connectivity index (χ0) is 41.0. The van der Waals surface area contributed by atoms with E-state index in [0.717, 1.165) is 75.1 Å². The molecular formula is C49H48N2O8. The predicted molar refractivity (Wildman–Crippen MR) is 223 cm³/mol. The van der Waals surface area contributed by atoms with Crippen LogP contribution in [-0.2, 0) is 34.2 Å². The largest absolute Gasteiger partial charge is 0.508 e. The number of rotatable bonds is 8.